The zero-order valence-electron chi connectivity index (χ0n) is 15.6. The smallest absolute Gasteiger partial charge is 0.228 e. The largest absolute Gasteiger partial charge is 0.396 e. The third-order valence-corrected chi connectivity index (χ3v) is 6.62. The van der Waals surface area contributed by atoms with E-state index in [1.807, 2.05) is 11.0 Å². The van der Waals surface area contributed by atoms with Gasteiger partial charge in [0.1, 0.15) is 0 Å². The van der Waals surface area contributed by atoms with Crippen molar-refractivity contribution in [2.75, 3.05) is 44.2 Å². The lowest BCUT2D eigenvalue weighted by Crippen LogP contribution is -2.61. The number of carbonyl (C=O) groups is 1. The summed E-state index contributed by atoms with van der Waals surface area (Å²) in [5.41, 5.74) is 2.38. The highest BCUT2D eigenvalue weighted by Gasteiger charge is 2.44. The molecule has 1 amide bonds. The number of hydrogen-bond donors (Lipinski definition) is 2. The molecule has 0 unspecified atom stereocenters. The second-order valence-electron chi connectivity index (χ2n) is 8.22. The molecule has 1 aromatic carbocycles. The number of carbonyl (C=O) groups excluding carboxylic acids is 1. The highest BCUT2D eigenvalue weighted by Crippen LogP contribution is 2.37. The number of para-hydroxylation sites is 1. The first kappa shape index (κ1) is 18.0. The van der Waals surface area contributed by atoms with Gasteiger partial charge in [-0.25, -0.2) is 0 Å². The number of fused-ring (bicyclic) bond motifs is 2. The maximum Gasteiger partial charge on any atom is 0.228 e. The van der Waals surface area contributed by atoms with E-state index in [1.165, 1.54) is 5.56 Å². The van der Waals surface area contributed by atoms with Crippen LogP contribution in [-0.2, 0) is 11.2 Å². The number of anilines is 1. The summed E-state index contributed by atoms with van der Waals surface area (Å²) in [5.74, 6) is 0.235. The molecule has 4 rings (SSSR count). The van der Waals surface area contributed by atoms with Crippen LogP contribution >= 0.6 is 0 Å². The van der Waals surface area contributed by atoms with E-state index in [0.29, 0.717) is 12.5 Å². The highest BCUT2D eigenvalue weighted by molar-refractivity contribution is 5.94. The van der Waals surface area contributed by atoms with Gasteiger partial charge in [-0.3, -0.25) is 4.79 Å². The van der Waals surface area contributed by atoms with Crippen LogP contribution in [0.3, 0.4) is 0 Å². The molecule has 2 fully saturated rings. The summed E-state index contributed by atoms with van der Waals surface area (Å²) >= 11 is 0. The molecule has 0 aliphatic carbocycles. The van der Waals surface area contributed by atoms with Gasteiger partial charge < -0.3 is 20.2 Å². The van der Waals surface area contributed by atoms with Crippen LogP contribution in [0.1, 0.15) is 37.7 Å². The van der Waals surface area contributed by atoms with Crippen molar-refractivity contribution in [2.45, 2.75) is 44.6 Å². The summed E-state index contributed by atoms with van der Waals surface area (Å²) in [6.45, 7) is 4.87. The Bertz CT molecular complexity index is 650. The number of hydrogen-bond acceptors (Lipinski definition) is 4. The topological polar surface area (TPSA) is 55.8 Å². The van der Waals surface area contributed by atoms with Gasteiger partial charge in [0, 0.05) is 43.2 Å². The number of aryl methyl sites for hydroxylation is 1. The fourth-order valence-electron chi connectivity index (χ4n) is 5.15. The number of likely N-dealkylation sites (tertiary alicyclic amines) is 1. The summed E-state index contributed by atoms with van der Waals surface area (Å²) in [5, 5.41) is 13.6. The molecule has 0 aromatic heterocycles. The second-order valence-corrected chi connectivity index (χ2v) is 8.22. The number of aliphatic hydroxyl groups is 1. The van der Waals surface area contributed by atoms with Gasteiger partial charge in [0.2, 0.25) is 5.91 Å². The summed E-state index contributed by atoms with van der Waals surface area (Å²) in [4.78, 5) is 17.3. The number of nitrogens with zero attached hydrogens (tertiary/aromatic N) is 2. The maximum absolute atomic E-state index is 12.9. The average molecular weight is 357 g/mol. The van der Waals surface area contributed by atoms with E-state index in [2.05, 4.69) is 28.4 Å². The van der Waals surface area contributed by atoms with Crippen molar-refractivity contribution in [1.29, 1.82) is 0 Å². The van der Waals surface area contributed by atoms with Gasteiger partial charge in [-0.05, 0) is 56.8 Å². The molecule has 26 heavy (non-hydrogen) atoms. The van der Waals surface area contributed by atoms with Gasteiger partial charge in [-0.2, -0.15) is 0 Å². The zero-order valence-corrected chi connectivity index (χ0v) is 15.6. The fraction of sp³-hybridized carbons (Fsp3) is 0.667. The Morgan fingerprint density at radius 2 is 2.15 bits per heavy atom. The number of amides is 1. The van der Waals surface area contributed by atoms with Crippen molar-refractivity contribution < 1.29 is 9.90 Å². The molecule has 5 nitrogen and oxygen atoms in total. The van der Waals surface area contributed by atoms with Crippen LogP contribution < -0.4 is 10.2 Å². The lowest BCUT2D eigenvalue weighted by Gasteiger charge is -2.50. The van der Waals surface area contributed by atoms with Gasteiger partial charge in [-0.1, -0.05) is 18.2 Å². The first-order valence-electron chi connectivity index (χ1n) is 10.2. The zero-order chi connectivity index (χ0) is 18.0. The molecule has 3 aliphatic rings. The first-order chi connectivity index (χ1) is 12.7. The third kappa shape index (κ3) is 3.40. The number of piperidine rings is 2. The van der Waals surface area contributed by atoms with E-state index < -0.39 is 0 Å². The van der Waals surface area contributed by atoms with Crippen LogP contribution in [0.2, 0.25) is 0 Å². The number of benzene rings is 1. The number of nitrogens with one attached hydrogen (secondary N) is 1. The molecule has 2 atom stereocenters. The Kier molecular flexibility index (Phi) is 5.30. The van der Waals surface area contributed by atoms with Crippen molar-refractivity contribution in [3.63, 3.8) is 0 Å². The lowest BCUT2D eigenvalue weighted by atomic mass is 9.71. The van der Waals surface area contributed by atoms with Crippen molar-refractivity contribution >= 4 is 11.6 Å². The van der Waals surface area contributed by atoms with E-state index in [4.69, 9.17) is 0 Å². The van der Waals surface area contributed by atoms with Crippen molar-refractivity contribution in [2.24, 2.45) is 5.41 Å². The molecular weight excluding hydrogens is 326 g/mol. The van der Waals surface area contributed by atoms with E-state index in [-0.39, 0.29) is 17.9 Å². The third-order valence-electron chi connectivity index (χ3n) is 6.62. The molecule has 0 spiro atoms. The normalized spacial score (nSPS) is 29.1. The van der Waals surface area contributed by atoms with Crippen LogP contribution in [0, 0.1) is 5.41 Å². The summed E-state index contributed by atoms with van der Waals surface area (Å²) in [6.07, 6.45) is 5.97. The molecule has 5 heteroatoms. The molecule has 3 aliphatic heterocycles. The maximum atomic E-state index is 12.9. The number of aliphatic hydroxyl groups excluding tert-OH is 1. The Hall–Kier alpha value is -1.43. The Morgan fingerprint density at radius 3 is 3.04 bits per heavy atom. The van der Waals surface area contributed by atoms with Crippen LogP contribution in [0.15, 0.2) is 24.3 Å². The van der Waals surface area contributed by atoms with Gasteiger partial charge >= 0.3 is 0 Å². The predicted molar refractivity (Wildman–Crippen MR) is 103 cm³/mol. The fourth-order valence-corrected chi connectivity index (χ4v) is 5.15. The second kappa shape index (κ2) is 7.67. The van der Waals surface area contributed by atoms with Gasteiger partial charge in [0.05, 0.1) is 6.61 Å². The molecule has 0 radical (unpaired) electrons. The van der Waals surface area contributed by atoms with E-state index in [1.54, 1.807) is 0 Å². The summed E-state index contributed by atoms with van der Waals surface area (Å²) in [7, 11) is 0. The van der Waals surface area contributed by atoms with Crippen LogP contribution in [0.25, 0.3) is 0 Å². The summed E-state index contributed by atoms with van der Waals surface area (Å²) < 4.78 is 0. The van der Waals surface area contributed by atoms with Gasteiger partial charge in [-0.15, -0.1) is 0 Å². The molecule has 142 valence electrons. The SMILES string of the molecule is O=C(CCN1CC[C@H]2NCCC[C@]2(CO)C1)N1CCCc2ccccc21. The Balaban J connectivity index is 1.37. The predicted octanol–water partition coefficient (Wildman–Crippen LogP) is 1.79. The van der Waals surface area contributed by atoms with Crippen molar-refractivity contribution in [3.8, 4) is 0 Å². The molecule has 3 heterocycles. The average Bonchev–Trinajstić information content (AvgIpc) is 2.71. The van der Waals surface area contributed by atoms with E-state index in [0.717, 1.165) is 70.5 Å². The van der Waals surface area contributed by atoms with Crippen LogP contribution in [0.4, 0.5) is 5.69 Å². The van der Waals surface area contributed by atoms with Gasteiger partial charge in [0.25, 0.3) is 0 Å². The first-order valence-corrected chi connectivity index (χ1v) is 10.2. The molecule has 0 bridgehead atoms. The molecular formula is C21H31N3O2. The summed E-state index contributed by atoms with van der Waals surface area (Å²) in [6, 6.07) is 8.73. The lowest BCUT2D eigenvalue weighted by molar-refractivity contribution is -0.119. The molecule has 2 N–H and O–H groups in total. The highest BCUT2D eigenvalue weighted by atomic mass is 16.3. The molecule has 0 saturated carbocycles. The number of rotatable bonds is 4. The Morgan fingerprint density at radius 1 is 1.27 bits per heavy atom. The van der Waals surface area contributed by atoms with Crippen LogP contribution in [-0.4, -0.2) is 61.3 Å². The standard InChI is InChI=1S/C21H31N3O2/c25-16-21-10-4-11-22-19(21)8-13-23(15-21)14-9-20(26)24-12-3-6-17-5-1-2-7-18(17)24/h1-2,5,7,19,22,25H,3-4,6,8-16H2/t19-,21-/m1/s1. The van der Waals surface area contributed by atoms with Crippen molar-refractivity contribution in [1.82, 2.24) is 10.2 Å². The van der Waals surface area contributed by atoms with E-state index >= 15 is 0 Å². The molecule has 1 aromatic rings. The monoisotopic (exact) mass is 357 g/mol. The minimum atomic E-state index is -0.0166. The quantitative estimate of drug-likeness (QED) is 0.863. The van der Waals surface area contributed by atoms with Gasteiger partial charge in [0.15, 0.2) is 0 Å². The minimum Gasteiger partial charge on any atom is -0.396 e. The van der Waals surface area contributed by atoms with Crippen LogP contribution in [0.5, 0.6) is 0 Å². The minimum absolute atomic E-state index is 0.0166. The Labute approximate surface area is 156 Å². The molecule has 2 saturated heterocycles. The van der Waals surface area contributed by atoms with E-state index in [9.17, 15) is 9.90 Å². The van der Waals surface area contributed by atoms with Crippen molar-refractivity contribution in [3.05, 3.63) is 29.8 Å².